The first kappa shape index (κ1) is 21.4. The summed E-state index contributed by atoms with van der Waals surface area (Å²) in [5, 5.41) is 13.9. The Hall–Kier alpha value is -2.82. The lowest BCUT2D eigenvalue weighted by atomic mass is 10.0. The highest BCUT2D eigenvalue weighted by atomic mass is 32.2. The molecule has 0 amide bonds. The van der Waals surface area contributed by atoms with Crippen LogP contribution in [-0.2, 0) is 10.0 Å². The molecule has 31 heavy (non-hydrogen) atoms. The van der Waals surface area contributed by atoms with Gasteiger partial charge in [-0.05, 0) is 31.0 Å². The molecule has 0 unspecified atom stereocenters. The highest BCUT2D eigenvalue weighted by Crippen LogP contribution is 2.32. The van der Waals surface area contributed by atoms with Gasteiger partial charge in [0.2, 0.25) is 10.0 Å². The van der Waals surface area contributed by atoms with Gasteiger partial charge in [0.05, 0.1) is 15.5 Å². The molecule has 1 aromatic heterocycles. The molecule has 0 aliphatic carbocycles. The van der Waals surface area contributed by atoms with Gasteiger partial charge in [-0.3, -0.25) is 10.1 Å². The molecule has 2 heterocycles. The second kappa shape index (κ2) is 8.37. The summed E-state index contributed by atoms with van der Waals surface area (Å²) in [6.07, 6.45) is 0. The third-order valence-corrected chi connectivity index (χ3v) is 8.20. The maximum Gasteiger partial charge on any atom is 0.270 e. The van der Waals surface area contributed by atoms with Crippen LogP contribution < -0.4 is 4.90 Å². The Morgan fingerprint density at radius 3 is 2.32 bits per heavy atom. The van der Waals surface area contributed by atoms with Crippen LogP contribution in [-0.4, -0.2) is 48.8 Å². The van der Waals surface area contributed by atoms with Crippen LogP contribution in [0.15, 0.2) is 52.7 Å². The van der Waals surface area contributed by atoms with E-state index in [1.165, 1.54) is 33.6 Å². The van der Waals surface area contributed by atoms with Crippen LogP contribution in [0.25, 0.3) is 11.3 Å². The fraction of sp³-hybridized carbons (Fsp3) is 0.286. The lowest BCUT2D eigenvalue weighted by Gasteiger charge is -2.33. The van der Waals surface area contributed by atoms with Crippen molar-refractivity contribution < 1.29 is 13.3 Å². The van der Waals surface area contributed by atoms with Gasteiger partial charge in [-0.1, -0.05) is 24.3 Å². The average molecular weight is 459 g/mol. The average Bonchev–Trinajstić information content (AvgIpc) is 3.23. The number of rotatable bonds is 5. The van der Waals surface area contributed by atoms with Gasteiger partial charge in [0.15, 0.2) is 5.13 Å². The Morgan fingerprint density at radius 1 is 1.03 bits per heavy atom. The molecule has 1 saturated heterocycles. The number of non-ortho nitro benzene ring substituents is 1. The Morgan fingerprint density at radius 2 is 1.68 bits per heavy atom. The largest absolute Gasteiger partial charge is 0.345 e. The van der Waals surface area contributed by atoms with Crippen molar-refractivity contribution in [2.45, 2.75) is 18.7 Å². The first-order valence-electron chi connectivity index (χ1n) is 9.79. The van der Waals surface area contributed by atoms with Gasteiger partial charge in [-0.2, -0.15) is 4.31 Å². The van der Waals surface area contributed by atoms with E-state index >= 15 is 0 Å². The van der Waals surface area contributed by atoms with Crippen molar-refractivity contribution in [3.05, 3.63) is 69.1 Å². The van der Waals surface area contributed by atoms with Crippen LogP contribution in [0, 0.1) is 24.0 Å². The summed E-state index contributed by atoms with van der Waals surface area (Å²) in [4.78, 5) is 17.2. The van der Waals surface area contributed by atoms with Crippen LogP contribution in [0.1, 0.15) is 11.1 Å². The van der Waals surface area contributed by atoms with Gasteiger partial charge >= 0.3 is 0 Å². The smallest absolute Gasteiger partial charge is 0.270 e. The third kappa shape index (κ3) is 4.18. The Bertz CT molecular complexity index is 1210. The van der Waals surface area contributed by atoms with E-state index < -0.39 is 14.9 Å². The number of piperazine rings is 1. The van der Waals surface area contributed by atoms with E-state index in [0.29, 0.717) is 26.2 Å². The van der Waals surface area contributed by atoms with E-state index in [4.69, 9.17) is 4.98 Å². The molecule has 8 nitrogen and oxygen atoms in total. The summed E-state index contributed by atoms with van der Waals surface area (Å²) >= 11 is 1.55. The minimum absolute atomic E-state index is 0.0540. The number of nitrogens with zero attached hydrogens (tertiary/aromatic N) is 4. The summed E-state index contributed by atoms with van der Waals surface area (Å²) in [7, 11) is -3.79. The summed E-state index contributed by atoms with van der Waals surface area (Å²) < 4.78 is 27.3. The zero-order valence-electron chi connectivity index (χ0n) is 17.2. The Balaban J connectivity index is 1.49. The van der Waals surface area contributed by atoms with Crippen molar-refractivity contribution in [1.82, 2.24) is 9.29 Å². The first-order valence-corrected chi connectivity index (χ1v) is 12.1. The number of nitro benzene ring substituents is 1. The molecule has 4 rings (SSSR count). The van der Waals surface area contributed by atoms with Crippen LogP contribution in [0.5, 0.6) is 0 Å². The molecule has 1 fully saturated rings. The van der Waals surface area contributed by atoms with Crippen LogP contribution >= 0.6 is 11.3 Å². The third-order valence-electron chi connectivity index (χ3n) is 5.40. The van der Waals surface area contributed by atoms with E-state index in [-0.39, 0.29) is 10.6 Å². The van der Waals surface area contributed by atoms with Crippen LogP contribution in [0.4, 0.5) is 10.8 Å². The maximum atomic E-state index is 12.9. The minimum atomic E-state index is -3.79. The van der Waals surface area contributed by atoms with E-state index in [1.807, 2.05) is 11.4 Å². The predicted octanol–water partition coefficient (Wildman–Crippen LogP) is 3.85. The van der Waals surface area contributed by atoms with Crippen molar-refractivity contribution in [2.75, 3.05) is 31.1 Å². The highest BCUT2D eigenvalue weighted by Gasteiger charge is 2.30. The SMILES string of the molecule is Cc1cccc(C)c1-c1csc(N2CCN(S(=O)(=O)c3cccc([N+](=O)[O-])c3)CC2)n1. The molecule has 0 saturated carbocycles. The van der Waals surface area contributed by atoms with Gasteiger partial charge in [0.25, 0.3) is 5.69 Å². The summed E-state index contributed by atoms with van der Waals surface area (Å²) in [6.45, 7) is 5.74. The fourth-order valence-electron chi connectivity index (χ4n) is 3.77. The van der Waals surface area contributed by atoms with Gasteiger partial charge in [0.1, 0.15) is 0 Å². The monoisotopic (exact) mass is 458 g/mol. The van der Waals surface area contributed by atoms with E-state index in [0.717, 1.165) is 22.5 Å². The van der Waals surface area contributed by atoms with Crippen molar-refractivity contribution in [3.8, 4) is 11.3 Å². The number of anilines is 1. The molecule has 1 aliphatic rings. The summed E-state index contributed by atoms with van der Waals surface area (Å²) in [5.41, 5.74) is 4.18. The number of sulfonamides is 1. The molecule has 0 N–H and O–H groups in total. The fourth-order valence-corrected chi connectivity index (χ4v) is 6.10. The van der Waals surface area contributed by atoms with E-state index in [1.54, 1.807) is 11.3 Å². The minimum Gasteiger partial charge on any atom is -0.345 e. The Kier molecular flexibility index (Phi) is 5.78. The molecule has 3 aromatic rings. The first-order chi connectivity index (χ1) is 14.8. The quantitative estimate of drug-likeness (QED) is 0.426. The van der Waals surface area contributed by atoms with Gasteiger partial charge in [-0.25, -0.2) is 13.4 Å². The lowest BCUT2D eigenvalue weighted by Crippen LogP contribution is -2.48. The van der Waals surface area contributed by atoms with Gasteiger partial charge in [0, 0.05) is 49.3 Å². The zero-order valence-corrected chi connectivity index (χ0v) is 18.8. The van der Waals surface area contributed by atoms with Gasteiger partial charge < -0.3 is 4.90 Å². The number of hydrogen-bond acceptors (Lipinski definition) is 7. The molecule has 10 heteroatoms. The van der Waals surface area contributed by atoms with Crippen molar-refractivity contribution >= 4 is 32.2 Å². The topological polar surface area (TPSA) is 96.7 Å². The molecular weight excluding hydrogens is 436 g/mol. The number of benzene rings is 2. The highest BCUT2D eigenvalue weighted by molar-refractivity contribution is 7.89. The van der Waals surface area contributed by atoms with Crippen LogP contribution in [0.2, 0.25) is 0 Å². The zero-order chi connectivity index (χ0) is 22.2. The standard InChI is InChI=1S/C21H22N4O4S2/c1-15-5-3-6-16(2)20(15)19-14-30-21(22-19)23-9-11-24(12-10-23)31(28,29)18-8-4-7-17(13-18)25(26)27/h3-8,13-14H,9-12H2,1-2H3. The predicted molar refractivity (Wildman–Crippen MR) is 121 cm³/mol. The second-order valence-electron chi connectivity index (χ2n) is 7.43. The number of nitro groups is 1. The summed E-state index contributed by atoms with van der Waals surface area (Å²) in [5.74, 6) is 0. The number of hydrogen-bond donors (Lipinski definition) is 0. The normalized spacial score (nSPS) is 15.2. The van der Waals surface area contributed by atoms with Crippen LogP contribution in [0.3, 0.4) is 0 Å². The molecule has 0 spiro atoms. The van der Waals surface area contributed by atoms with Crippen molar-refractivity contribution in [1.29, 1.82) is 0 Å². The molecule has 0 bridgehead atoms. The molecule has 0 atom stereocenters. The molecule has 162 valence electrons. The number of aromatic nitrogens is 1. The second-order valence-corrected chi connectivity index (χ2v) is 10.2. The molecule has 1 aliphatic heterocycles. The number of thiazole rings is 1. The van der Waals surface area contributed by atoms with Gasteiger partial charge in [-0.15, -0.1) is 11.3 Å². The molecule has 2 aromatic carbocycles. The Labute approximate surface area is 185 Å². The van der Waals surface area contributed by atoms with E-state index in [2.05, 4.69) is 30.9 Å². The molecular formula is C21H22N4O4S2. The molecule has 0 radical (unpaired) electrons. The lowest BCUT2D eigenvalue weighted by molar-refractivity contribution is -0.385. The van der Waals surface area contributed by atoms with Crippen molar-refractivity contribution in [2.24, 2.45) is 0 Å². The summed E-state index contributed by atoms with van der Waals surface area (Å²) in [6, 6.07) is 11.4. The number of aryl methyl sites for hydroxylation is 2. The van der Waals surface area contributed by atoms with Crippen molar-refractivity contribution in [3.63, 3.8) is 0 Å². The maximum absolute atomic E-state index is 12.9. The van der Waals surface area contributed by atoms with E-state index in [9.17, 15) is 18.5 Å².